The van der Waals surface area contributed by atoms with Crippen molar-refractivity contribution in [3.8, 4) is 0 Å². The number of nitrogens with zero attached hydrogens (tertiary/aromatic N) is 3. The number of halogens is 1. The summed E-state index contributed by atoms with van der Waals surface area (Å²) in [5.41, 5.74) is 0.669. The third-order valence-corrected chi connectivity index (χ3v) is 6.75. The largest absolute Gasteiger partial charge is 0.273 e. The average Bonchev–Trinajstić information content (AvgIpc) is 3.47. The van der Waals surface area contributed by atoms with Crippen molar-refractivity contribution in [2.45, 2.75) is 13.0 Å². The van der Waals surface area contributed by atoms with Crippen molar-refractivity contribution in [2.75, 3.05) is 0 Å². The van der Waals surface area contributed by atoms with E-state index in [4.69, 9.17) is 11.6 Å². The molecular weight excluding hydrogens is 434 g/mol. The van der Waals surface area contributed by atoms with E-state index < -0.39 is 22.7 Å². The molecule has 0 unspecified atom stereocenters. The number of imide groups is 1. The van der Waals surface area contributed by atoms with Crippen molar-refractivity contribution in [1.29, 1.82) is 0 Å². The molecule has 3 amide bonds. The molecule has 1 saturated heterocycles. The zero-order valence-corrected chi connectivity index (χ0v) is 17.5. The topological polar surface area (TPSA) is 101 Å². The highest BCUT2D eigenvalue weighted by Gasteiger charge is 2.61. The van der Waals surface area contributed by atoms with Gasteiger partial charge in [0.25, 0.3) is 23.4 Å². The van der Waals surface area contributed by atoms with Gasteiger partial charge in [-0.3, -0.25) is 24.5 Å². The van der Waals surface area contributed by atoms with E-state index in [1.807, 2.05) is 12.2 Å². The molecule has 0 radical (unpaired) electrons. The van der Waals surface area contributed by atoms with E-state index in [1.165, 1.54) is 24.3 Å². The molecule has 2 aliphatic carbocycles. The third-order valence-electron chi connectivity index (χ3n) is 6.49. The van der Waals surface area contributed by atoms with Gasteiger partial charge in [0, 0.05) is 22.7 Å². The number of hydrogen-bond donors (Lipinski definition) is 0. The Kier molecular flexibility index (Phi) is 4.82. The Morgan fingerprint density at radius 1 is 1.00 bits per heavy atom. The molecule has 0 aromatic heterocycles. The van der Waals surface area contributed by atoms with Gasteiger partial charge in [0.2, 0.25) is 0 Å². The lowest BCUT2D eigenvalue weighted by Crippen LogP contribution is -2.50. The van der Waals surface area contributed by atoms with Crippen LogP contribution in [0.25, 0.3) is 0 Å². The number of rotatable bonds is 5. The number of hydrazine groups is 1. The standard InChI is InChI=1S/C23H18ClN3O5/c24-17-7-1-13(2-8-17)12-25(21(28)14-5-9-18(10-6-14)27(31)32)26-22(29)19-15-3-4-16(11-15)20(19)23(26)30/h1-10,15-16,19-20H,11-12H2/t15-,16-,19+,20+/m0/s1. The second-order valence-electron chi connectivity index (χ2n) is 8.28. The van der Waals surface area contributed by atoms with Crippen LogP contribution in [0.1, 0.15) is 22.3 Å². The summed E-state index contributed by atoms with van der Waals surface area (Å²) in [7, 11) is 0. The highest BCUT2D eigenvalue weighted by Crippen LogP contribution is 2.52. The molecule has 0 N–H and O–H groups in total. The van der Waals surface area contributed by atoms with Crippen LogP contribution in [0, 0.1) is 33.8 Å². The number of nitro benzene ring substituents is 1. The summed E-state index contributed by atoms with van der Waals surface area (Å²) in [5, 5.41) is 13.6. The molecule has 0 spiro atoms. The maximum Gasteiger partial charge on any atom is 0.273 e. The molecule has 32 heavy (non-hydrogen) atoms. The molecule has 1 aliphatic heterocycles. The predicted molar refractivity (Wildman–Crippen MR) is 114 cm³/mol. The number of non-ortho nitro benzene ring substituents is 1. The molecule has 162 valence electrons. The highest BCUT2D eigenvalue weighted by molar-refractivity contribution is 6.30. The van der Waals surface area contributed by atoms with Gasteiger partial charge >= 0.3 is 0 Å². The monoisotopic (exact) mass is 451 g/mol. The highest BCUT2D eigenvalue weighted by atomic mass is 35.5. The number of benzene rings is 2. The van der Waals surface area contributed by atoms with Gasteiger partial charge in [-0.05, 0) is 48.1 Å². The molecular formula is C23H18ClN3O5. The molecule has 4 atom stereocenters. The molecule has 5 rings (SSSR count). The Labute approximate surface area is 188 Å². The average molecular weight is 452 g/mol. The lowest BCUT2D eigenvalue weighted by Gasteiger charge is -2.31. The van der Waals surface area contributed by atoms with Crippen LogP contribution in [0.5, 0.6) is 0 Å². The first-order chi connectivity index (χ1) is 15.3. The first kappa shape index (κ1) is 20.4. The summed E-state index contributed by atoms with van der Waals surface area (Å²) in [6.07, 6.45) is 4.76. The number of carbonyl (C=O) groups excluding carboxylic acids is 3. The first-order valence-corrected chi connectivity index (χ1v) is 10.6. The fraction of sp³-hybridized carbons (Fsp3) is 0.261. The zero-order chi connectivity index (χ0) is 22.6. The predicted octanol–water partition coefficient (Wildman–Crippen LogP) is 3.61. The first-order valence-electron chi connectivity index (χ1n) is 10.2. The van der Waals surface area contributed by atoms with Crippen molar-refractivity contribution in [2.24, 2.45) is 23.7 Å². The summed E-state index contributed by atoms with van der Waals surface area (Å²) < 4.78 is 0. The Hall–Kier alpha value is -3.52. The molecule has 2 bridgehead atoms. The quantitative estimate of drug-likeness (QED) is 0.299. The van der Waals surface area contributed by atoms with Gasteiger partial charge in [0.05, 0.1) is 23.3 Å². The molecule has 1 saturated carbocycles. The molecule has 8 nitrogen and oxygen atoms in total. The van der Waals surface area contributed by atoms with Crippen LogP contribution in [0.4, 0.5) is 5.69 Å². The van der Waals surface area contributed by atoms with Crippen LogP contribution >= 0.6 is 11.6 Å². The Balaban J connectivity index is 1.50. The van der Waals surface area contributed by atoms with Crippen molar-refractivity contribution in [3.05, 3.63) is 86.9 Å². The Morgan fingerprint density at radius 2 is 1.56 bits per heavy atom. The minimum absolute atomic E-state index is 0.0123. The van der Waals surface area contributed by atoms with Crippen molar-refractivity contribution in [1.82, 2.24) is 10.0 Å². The van der Waals surface area contributed by atoms with Crippen LogP contribution in [-0.2, 0) is 16.1 Å². The second kappa shape index (κ2) is 7.56. The van der Waals surface area contributed by atoms with Gasteiger partial charge in [-0.1, -0.05) is 35.9 Å². The van der Waals surface area contributed by atoms with E-state index in [9.17, 15) is 24.5 Å². The van der Waals surface area contributed by atoms with E-state index in [-0.39, 0.29) is 41.4 Å². The Bertz CT molecular complexity index is 1130. The van der Waals surface area contributed by atoms with E-state index in [2.05, 4.69) is 0 Å². The van der Waals surface area contributed by atoms with Gasteiger partial charge in [-0.2, -0.15) is 5.01 Å². The van der Waals surface area contributed by atoms with Gasteiger partial charge in [0.15, 0.2) is 0 Å². The fourth-order valence-corrected chi connectivity index (χ4v) is 5.12. The number of hydrogen-bond acceptors (Lipinski definition) is 5. The van der Waals surface area contributed by atoms with Crippen LogP contribution < -0.4 is 0 Å². The SMILES string of the molecule is O=C(c1ccc([N+](=O)[O-])cc1)N(Cc1ccc(Cl)cc1)N1C(=O)[C@H]2[C@H](C1=O)[C@H]1C=C[C@H]2C1. The lowest BCUT2D eigenvalue weighted by atomic mass is 9.85. The minimum atomic E-state index is -0.586. The molecule has 2 aromatic carbocycles. The number of fused-ring (bicyclic) bond motifs is 5. The van der Waals surface area contributed by atoms with Crippen molar-refractivity contribution >= 4 is 35.0 Å². The number of amides is 3. The van der Waals surface area contributed by atoms with Gasteiger partial charge in [-0.25, -0.2) is 5.01 Å². The number of carbonyl (C=O) groups is 3. The minimum Gasteiger partial charge on any atom is -0.272 e. The zero-order valence-electron chi connectivity index (χ0n) is 16.8. The molecule has 2 aromatic rings. The van der Waals surface area contributed by atoms with Gasteiger partial charge < -0.3 is 0 Å². The normalized spacial score (nSPS) is 25.3. The maximum absolute atomic E-state index is 13.4. The Morgan fingerprint density at radius 3 is 2.09 bits per heavy atom. The fourth-order valence-electron chi connectivity index (χ4n) is 5.00. The van der Waals surface area contributed by atoms with Crippen molar-refractivity contribution < 1.29 is 19.3 Å². The second-order valence-corrected chi connectivity index (χ2v) is 8.72. The van der Waals surface area contributed by atoms with Crippen LogP contribution in [0.3, 0.4) is 0 Å². The molecule has 3 aliphatic rings. The third kappa shape index (κ3) is 3.18. The molecule has 9 heteroatoms. The van der Waals surface area contributed by atoms with E-state index in [0.717, 1.165) is 16.4 Å². The molecule has 2 fully saturated rings. The summed E-state index contributed by atoms with van der Waals surface area (Å²) in [4.78, 5) is 50.5. The lowest BCUT2D eigenvalue weighted by molar-refractivity contribution is -0.384. The van der Waals surface area contributed by atoms with Crippen LogP contribution in [0.2, 0.25) is 5.02 Å². The summed E-state index contributed by atoms with van der Waals surface area (Å²) in [6, 6.07) is 11.9. The smallest absolute Gasteiger partial charge is 0.272 e. The maximum atomic E-state index is 13.4. The van der Waals surface area contributed by atoms with Crippen LogP contribution in [-0.4, -0.2) is 32.7 Å². The van der Waals surface area contributed by atoms with Gasteiger partial charge in [-0.15, -0.1) is 0 Å². The van der Waals surface area contributed by atoms with Crippen molar-refractivity contribution in [3.63, 3.8) is 0 Å². The summed E-state index contributed by atoms with van der Waals surface area (Å²) in [6.45, 7) is -0.0212. The van der Waals surface area contributed by atoms with E-state index in [1.54, 1.807) is 24.3 Å². The molecule has 1 heterocycles. The summed E-state index contributed by atoms with van der Waals surface area (Å²) in [5.74, 6) is -2.21. The number of allylic oxidation sites excluding steroid dienone is 2. The van der Waals surface area contributed by atoms with Gasteiger partial charge in [0.1, 0.15) is 0 Å². The van der Waals surface area contributed by atoms with Crippen LogP contribution in [0.15, 0.2) is 60.7 Å². The summed E-state index contributed by atoms with van der Waals surface area (Å²) >= 11 is 5.96. The van der Waals surface area contributed by atoms with E-state index >= 15 is 0 Å². The number of nitro groups is 1. The van der Waals surface area contributed by atoms with E-state index in [0.29, 0.717) is 10.6 Å².